The van der Waals surface area contributed by atoms with Gasteiger partial charge in [-0.15, -0.1) is 0 Å². The van der Waals surface area contributed by atoms with Crippen molar-refractivity contribution in [3.05, 3.63) is 53.9 Å². The van der Waals surface area contributed by atoms with Crippen LogP contribution >= 0.6 is 0 Å². The van der Waals surface area contributed by atoms with Crippen LogP contribution in [0.25, 0.3) is 0 Å². The maximum Gasteiger partial charge on any atom is 0.108 e. The number of nitrogens with zero attached hydrogens (tertiary/aromatic N) is 2. The fourth-order valence-electron chi connectivity index (χ4n) is 3.09. The van der Waals surface area contributed by atoms with E-state index in [1.165, 1.54) is 5.56 Å². The van der Waals surface area contributed by atoms with Crippen LogP contribution in [-0.4, -0.2) is 28.1 Å². The van der Waals surface area contributed by atoms with Crippen LogP contribution in [0.2, 0.25) is 0 Å². The molecular weight excluding hydrogens is 252 g/mol. The normalized spacial score (nSPS) is 19.7. The van der Waals surface area contributed by atoms with Crippen molar-refractivity contribution < 1.29 is 9.84 Å². The summed E-state index contributed by atoms with van der Waals surface area (Å²) in [7, 11) is 1.87. The molecule has 2 aromatic rings. The summed E-state index contributed by atoms with van der Waals surface area (Å²) in [6.45, 7) is 1.36. The standard InChI is InChI=1S/C16H20N2O2/c1-18-10-7-14(17-18)15(19)16(8-11-20-12-9-16)13-5-3-2-4-6-13/h2-7,10,15,19H,8-9,11-12H2,1H3. The Morgan fingerprint density at radius 2 is 1.90 bits per heavy atom. The molecule has 1 fully saturated rings. The van der Waals surface area contributed by atoms with Crippen LogP contribution < -0.4 is 0 Å². The van der Waals surface area contributed by atoms with Crippen molar-refractivity contribution in [2.75, 3.05) is 13.2 Å². The molecule has 1 unspecified atom stereocenters. The molecule has 4 nitrogen and oxygen atoms in total. The number of ether oxygens (including phenoxy) is 1. The summed E-state index contributed by atoms with van der Waals surface area (Å²) < 4.78 is 7.23. The Kier molecular flexibility index (Phi) is 3.59. The molecule has 0 spiro atoms. The topological polar surface area (TPSA) is 47.3 Å². The molecule has 20 heavy (non-hydrogen) atoms. The molecule has 0 amide bonds. The van der Waals surface area contributed by atoms with E-state index in [0.29, 0.717) is 13.2 Å². The van der Waals surface area contributed by atoms with Gasteiger partial charge in [-0.1, -0.05) is 30.3 Å². The molecular formula is C16H20N2O2. The molecule has 4 heteroatoms. The van der Waals surface area contributed by atoms with E-state index in [1.807, 2.05) is 37.5 Å². The zero-order chi connectivity index (χ0) is 14.0. The number of aromatic nitrogens is 2. The van der Waals surface area contributed by atoms with Gasteiger partial charge in [-0.3, -0.25) is 4.68 Å². The molecule has 3 rings (SSSR count). The minimum atomic E-state index is -0.602. The monoisotopic (exact) mass is 272 g/mol. The van der Waals surface area contributed by atoms with E-state index >= 15 is 0 Å². The highest BCUT2D eigenvalue weighted by molar-refractivity contribution is 5.30. The molecule has 0 radical (unpaired) electrons. The van der Waals surface area contributed by atoms with Crippen LogP contribution in [0.4, 0.5) is 0 Å². The molecule has 1 atom stereocenters. The van der Waals surface area contributed by atoms with E-state index in [9.17, 15) is 5.11 Å². The van der Waals surface area contributed by atoms with Crippen LogP contribution in [0.1, 0.15) is 30.2 Å². The van der Waals surface area contributed by atoms with Gasteiger partial charge in [-0.05, 0) is 24.5 Å². The highest BCUT2D eigenvalue weighted by Crippen LogP contribution is 2.44. The molecule has 1 saturated heterocycles. The SMILES string of the molecule is Cn1ccc(C(O)C2(c3ccccc3)CCOCC2)n1. The summed E-state index contributed by atoms with van der Waals surface area (Å²) in [5, 5.41) is 15.3. The largest absolute Gasteiger partial charge is 0.386 e. The van der Waals surface area contributed by atoms with E-state index in [1.54, 1.807) is 4.68 Å². The minimum absolute atomic E-state index is 0.298. The van der Waals surface area contributed by atoms with Gasteiger partial charge in [0.15, 0.2) is 0 Å². The summed E-state index contributed by atoms with van der Waals surface area (Å²) in [6.07, 6.45) is 2.90. The molecule has 1 aliphatic heterocycles. The number of aryl methyl sites for hydroxylation is 1. The van der Waals surface area contributed by atoms with Crippen molar-refractivity contribution in [3.8, 4) is 0 Å². The van der Waals surface area contributed by atoms with Gasteiger partial charge in [0.2, 0.25) is 0 Å². The van der Waals surface area contributed by atoms with E-state index in [0.717, 1.165) is 18.5 Å². The summed E-state index contributed by atoms with van der Waals surface area (Å²) in [5.41, 5.74) is 1.60. The third-order valence-corrected chi connectivity index (χ3v) is 4.27. The molecule has 2 heterocycles. The second-order valence-corrected chi connectivity index (χ2v) is 5.45. The van der Waals surface area contributed by atoms with Crippen LogP contribution in [0.15, 0.2) is 42.6 Å². The molecule has 1 aliphatic rings. The average Bonchev–Trinajstić information content (AvgIpc) is 2.94. The number of aliphatic hydroxyl groups excluding tert-OH is 1. The molecule has 0 bridgehead atoms. The second kappa shape index (κ2) is 5.38. The van der Waals surface area contributed by atoms with Crippen LogP contribution in [-0.2, 0) is 17.2 Å². The number of aliphatic hydroxyl groups is 1. The molecule has 1 N–H and O–H groups in total. The Morgan fingerprint density at radius 1 is 1.20 bits per heavy atom. The van der Waals surface area contributed by atoms with Crippen molar-refractivity contribution in [1.82, 2.24) is 9.78 Å². The Hall–Kier alpha value is -1.65. The zero-order valence-electron chi connectivity index (χ0n) is 11.7. The van der Waals surface area contributed by atoms with Crippen molar-refractivity contribution in [2.45, 2.75) is 24.4 Å². The highest BCUT2D eigenvalue weighted by atomic mass is 16.5. The molecule has 0 saturated carbocycles. The fraction of sp³-hybridized carbons (Fsp3) is 0.438. The quantitative estimate of drug-likeness (QED) is 0.932. The number of hydrogen-bond donors (Lipinski definition) is 1. The van der Waals surface area contributed by atoms with Gasteiger partial charge in [0.25, 0.3) is 0 Å². The van der Waals surface area contributed by atoms with Gasteiger partial charge in [0, 0.05) is 31.9 Å². The van der Waals surface area contributed by atoms with Gasteiger partial charge in [-0.25, -0.2) is 0 Å². The zero-order valence-corrected chi connectivity index (χ0v) is 11.7. The maximum absolute atomic E-state index is 10.9. The molecule has 0 aliphatic carbocycles. The number of benzene rings is 1. The summed E-state index contributed by atoms with van der Waals surface area (Å²) in [5.74, 6) is 0. The smallest absolute Gasteiger partial charge is 0.108 e. The van der Waals surface area contributed by atoms with Gasteiger partial charge in [-0.2, -0.15) is 5.10 Å². The van der Waals surface area contributed by atoms with E-state index in [-0.39, 0.29) is 5.41 Å². The molecule has 106 valence electrons. The third-order valence-electron chi connectivity index (χ3n) is 4.27. The second-order valence-electron chi connectivity index (χ2n) is 5.45. The van der Waals surface area contributed by atoms with Crippen LogP contribution in [0.5, 0.6) is 0 Å². The average molecular weight is 272 g/mol. The van der Waals surface area contributed by atoms with Crippen molar-refractivity contribution in [2.24, 2.45) is 7.05 Å². The lowest BCUT2D eigenvalue weighted by molar-refractivity contribution is -0.0188. The lowest BCUT2D eigenvalue weighted by atomic mass is 9.69. The Morgan fingerprint density at radius 3 is 2.50 bits per heavy atom. The lowest BCUT2D eigenvalue weighted by Gasteiger charge is -2.41. The summed E-state index contributed by atoms with van der Waals surface area (Å²) >= 11 is 0. The Bertz CT molecular complexity index is 559. The highest BCUT2D eigenvalue weighted by Gasteiger charge is 2.42. The first-order valence-corrected chi connectivity index (χ1v) is 7.03. The first kappa shape index (κ1) is 13.3. The van der Waals surface area contributed by atoms with Crippen molar-refractivity contribution in [3.63, 3.8) is 0 Å². The Balaban J connectivity index is 2.01. The lowest BCUT2D eigenvalue weighted by Crippen LogP contribution is -2.39. The minimum Gasteiger partial charge on any atom is -0.386 e. The number of hydrogen-bond acceptors (Lipinski definition) is 3. The Labute approximate surface area is 119 Å². The van der Waals surface area contributed by atoms with Gasteiger partial charge >= 0.3 is 0 Å². The third kappa shape index (κ3) is 2.25. The van der Waals surface area contributed by atoms with Gasteiger partial charge < -0.3 is 9.84 Å². The predicted octanol–water partition coefficient (Wildman–Crippen LogP) is 2.20. The first-order chi connectivity index (χ1) is 9.72. The van der Waals surface area contributed by atoms with E-state index in [4.69, 9.17) is 4.74 Å². The van der Waals surface area contributed by atoms with E-state index < -0.39 is 6.10 Å². The van der Waals surface area contributed by atoms with E-state index in [2.05, 4.69) is 17.2 Å². The van der Waals surface area contributed by atoms with Gasteiger partial charge in [0.1, 0.15) is 6.10 Å². The molecule has 1 aromatic carbocycles. The van der Waals surface area contributed by atoms with Crippen LogP contribution in [0.3, 0.4) is 0 Å². The summed E-state index contributed by atoms with van der Waals surface area (Å²) in [6, 6.07) is 12.1. The van der Waals surface area contributed by atoms with Crippen LogP contribution in [0, 0.1) is 0 Å². The predicted molar refractivity (Wildman–Crippen MR) is 76.3 cm³/mol. The number of rotatable bonds is 3. The maximum atomic E-state index is 10.9. The van der Waals surface area contributed by atoms with Gasteiger partial charge in [0.05, 0.1) is 5.69 Å². The fourth-order valence-corrected chi connectivity index (χ4v) is 3.09. The van der Waals surface area contributed by atoms with Crippen molar-refractivity contribution in [1.29, 1.82) is 0 Å². The molecule has 1 aromatic heterocycles. The van der Waals surface area contributed by atoms with Crippen molar-refractivity contribution >= 4 is 0 Å². The first-order valence-electron chi connectivity index (χ1n) is 7.03. The summed E-state index contributed by atoms with van der Waals surface area (Å²) in [4.78, 5) is 0.